The number of rotatable bonds is 7. The van der Waals surface area contributed by atoms with Gasteiger partial charge in [0.1, 0.15) is 6.04 Å². The average Bonchev–Trinajstić information content (AvgIpc) is 2.84. The van der Waals surface area contributed by atoms with Crippen molar-refractivity contribution in [1.29, 1.82) is 0 Å². The molecule has 4 N–H and O–H groups in total. The summed E-state index contributed by atoms with van der Waals surface area (Å²) in [6.45, 7) is 0.717. The molecule has 0 spiro atoms. The zero-order valence-corrected chi connectivity index (χ0v) is 18.2. The fraction of sp³-hybridized carbons (Fsp3) is 0.192. The molecule has 0 saturated carbocycles. The molecular formula is C26H26N4O3. The summed E-state index contributed by atoms with van der Waals surface area (Å²) in [7, 11) is 0. The van der Waals surface area contributed by atoms with E-state index >= 15 is 0 Å². The standard InChI is InChI=1S/C26H26N4O3/c27-25(32)19-9-6-10-21(17-19)28-24(18-7-2-1-3-8-18)26(33)29-20-12-14-22(15-13-20)30-16-5-4-11-23(30)31/h1-3,6-10,12-15,17,24,28H,4-5,11,16H2,(H2,27,32)(H,29,33)/t24-/m1/s1. The molecule has 1 heterocycles. The molecule has 1 aliphatic rings. The number of hydrogen-bond acceptors (Lipinski definition) is 4. The number of carbonyl (C=O) groups is 3. The summed E-state index contributed by atoms with van der Waals surface area (Å²) in [5.74, 6) is -0.663. The SMILES string of the molecule is NC(=O)c1cccc(N[C@@H](C(=O)Nc2ccc(N3CCCCC3=O)cc2)c2ccccc2)c1. The Hall–Kier alpha value is -4.13. The molecule has 7 heteroatoms. The van der Waals surface area contributed by atoms with E-state index in [1.165, 1.54) is 0 Å². The first-order valence-electron chi connectivity index (χ1n) is 10.9. The maximum absolute atomic E-state index is 13.2. The lowest BCUT2D eigenvalue weighted by Gasteiger charge is -2.27. The van der Waals surface area contributed by atoms with Gasteiger partial charge in [0.25, 0.3) is 5.91 Å². The van der Waals surface area contributed by atoms with Gasteiger partial charge in [-0.2, -0.15) is 0 Å². The van der Waals surface area contributed by atoms with Gasteiger partial charge in [-0.05, 0) is 60.9 Å². The molecule has 168 valence electrons. The quantitative estimate of drug-likeness (QED) is 0.512. The van der Waals surface area contributed by atoms with Crippen LogP contribution in [0.1, 0.15) is 41.2 Å². The molecule has 1 saturated heterocycles. The normalized spacial score (nSPS) is 14.4. The predicted molar refractivity (Wildman–Crippen MR) is 129 cm³/mol. The average molecular weight is 443 g/mol. The fourth-order valence-corrected chi connectivity index (χ4v) is 3.89. The zero-order chi connectivity index (χ0) is 23.2. The number of piperidine rings is 1. The molecule has 3 amide bonds. The first kappa shape index (κ1) is 22.1. The summed E-state index contributed by atoms with van der Waals surface area (Å²) in [6.07, 6.45) is 2.49. The summed E-state index contributed by atoms with van der Waals surface area (Å²) in [4.78, 5) is 38.7. The summed E-state index contributed by atoms with van der Waals surface area (Å²) in [5, 5.41) is 6.15. The Kier molecular flexibility index (Phi) is 6.69. The summed E-state index contributed by atoms with van der Waals surface area (Å²) >= 11 is 0. The summed E-state index contributed by atoms with van der Waals surface area (Å²) in [5.41, 5.74) is 8.58. The van der Waals surface area contributed by atoms with Crippen molar-refractivity contribution in [3.05, 3.63) is 90.0 Å². The van der Waals surface area contributed by atoms with Gasteiger partial charge in [-0.1, -0.05) is 36.4 Å². The Bertz CT molecular complexity index is 1150. The Morgan fingerprint density at radius 1 is 0.879 bits per heavy atom. The number of primary amides is 1. The molecule has 0 aromatic heterocycles. The summed E-state index contributed by atoms with van der Waals surface area (Å²) < 4.78 is 0. The lowest BCUT2D eigenvalue weighted by Crippen LogP contribution is -2.35. The molecule has 3 aromatic rings. The number of carbonyl (C=O) groups excluding carboxylic acids is 3. The van der Waals surface area contributed by atoms with E-state index in [9.17, 15) is 14.4 Å². The van der Waals surface area contributed by atoms with Crippen molar-refractivity contribution in [2.75, 3.05) is 22.1 Å². The first-order valence-corrected chi connectivity index (χ1v) is 10.9. The van der Waals surface area contributed by atoms with E-state index in [2.05, 4.69) is 10.6 Å². The van der Waals surface area contributed by atoms with E-state index in [1.54, 1.807) is 41.3 Å². The third-order valence-electron chi connectivity index (χ3n) is 5.62. The van der Waals surface area contributed by atoms with Crippen LogP contribution in [0.5, 0.6) is 0 Å². The third kappa shape index (κ3) is 5.38. The predicted octanol–water partition coefficient (Wildman–Crippen LogP) is 4.09. The van der Waals surface area contributed by atoms with E-state index in [4.69, 9.17) is 5.73 Å². The number of amides is 3. The molecule has 0 aliphatic carbocycles. The minimum atomic E-state index is -0.697. The second-order valence-electron chi connectivity index (χ2n) is 7.97. The van der Waals surface area contributed by atoms with E-state index in [1.807, 2.05) is 42.5 Å². The van der Waals surface area contributed by atoms with Gasteiger partial charge < -0.3 is 21.3 Å². The number of nitrogens with one attached hydrogen (secondary N) is 2. The highest BCUT2D eigenvalue weighted by molar-refractivity contribution is 5.99. The van der Waals surface area contributed by atoms with E-state index in [0.717, 1.165) is 30.6 Å². The van der Waals surface area contributed by atoms with Gasteiger partial charge in [0.15, 0.2) is 0 Å². The van der Waals surface area contributed by atoms with Crippen LogP contribution in [0.25, 0.3) is 0 Å². The smallest absolute Gasteiger partial charge is 0.251 e. The highest BCUT2D eigenvalue weighted by Gasteiger charge is 2.22. The molecular weight excluding hydrogens is 416 g/mol. The van der Waals surface area contributed by atoms with Crippen molar-refractivity contribution in [3.63, 3.8) is 0 Å². The number of hydrogen-bond donors (Lipinski definition) is 3. The zero-order valence-electron chi connectivity index (χ0n) is 18.2. The van der Waals surface area contributed by atoms with Crippen LogP contribution < -0.4 is 21.3 Å². The van der Waals surface area contributed by atoms with Crippen LogP contribution in [0.4, 0.5) is 17.1 Å². The number of anilines is 3. The highest BCUT2D eigenvalue weighted by atomic mass is 16.2. The minimum absolute atomic E-state index is 0.129. The van der Waals surface area contributed by atoms with Crippen LogP contribution in [-0.4, -0.2) is 24.3 Å². The van der Waals surface area contributed by atoms with Gasteiger partial charge in [-0.15, -0.1) is 0 Å². The van der Waals surface area contributed by atoms with Gasteiger partial charge in [0.05, 0.1) is 0 Å². The van der Waals surface area contributed by atoms with Crippen molar-refractivity contribution in [2.45, 2.75) is 25.3 Å². The monoisotopic (exact) mass is 442 g/mol. The number of benzene rings is 3. The van der Waals surface area contributed by atoms with Crippen molar-refractivity contribution in [2.24, 2.45) is 5.73 Å². The molecule has 1 fully saturated rings. The number of nitrogens with two attached hydrogens (primary N) is 1. The van der Waals surface area contributed by atoms with E-state index < -0.39 is 11.9 Å². The van der Waals surface area contributed by atoms with Gasteiger partial charge in [-0.25, -0.2) is 0 Å². The van der Waals surface area contributed by atoms with Gasteiger partial charge in [0, 0.05) is 35.6 Å². The van der Waals surface area contributed by atoms with Gasteiger partial charge >= 0.3 is 0 Å². The Labute approximate surface area is 192 Å². The lowest BCUT2D eigenvalue weighted by atomic mass is 10.0. The molecule has 33 heavy (non-hydrogen) atoms. The van der Waals surface area contributed by atoms with Crippen molar-refractivity contribution in [3.8, 4) is 0 Å². The minimum Gasteiger partial charge on any atom is -0.370 e. The topological polar surface area (TPSA) is 105 Å². The fourth-order valence-electron chi connectivity index (χ4n) is 3.89. The molecule has 4 rings (SSSR count). The Balaban J connectivity index is 1.52. The largest absolute Gasteiger partial charge is 0.370 e. The first-order chi connectivity index (χ1) is 16.0. The summed E-state index contributed by atoms with van der Waals surface area (Å²) in [6, 6.07) is 22.7. The Morgan fingerprint density at radius 3 is 2.33 bits per heavy atom. The van der Waals surface area contributed by atoms with Gasteiger partial charge in [0.2, 0.25) is 11.8 Å². The highest BCUT2D eigenvalue weighted by Crippen LogP contribution is 2.25. The molecule has 1 aliphatic heterocycles. The maximum Gasteiger partial charge on any atom is 0.251 e. The van der Waals surface area contributed by atoms with Gasteiger partial charge in [-0.3, -0.25) is 14.4 Å². The number of nitrogens with zero attached hydrogens (tertiary/aromatic N) is 1. The molecule has 3 aromatic carbocycles. The van der Waals surface area contributed by atoms with E-state index in [0.29, 0.717) is 23.4 Å². The van der Waals surface area contributed by atoms with Crippen LogP contribution in [0.15, 0.2) is 78.9 Å². The van der Waals surface area contributed by atoms with Crippen LogP contribution >= 0.6 is 0 Å². The Morgan fingerprint density at radius 2 is 1.64 bits per heavy atom. The molecule has 0 radical (unpaired) electrons. The van der Waals surface area contributed by atoms with Crippen LogP contribution in [-0.2, 0) is 9.59 Å². The van der Waals surface area contributed by atoms with Crippen molar-refractivity contribution >= 4 is 34.8 Å². The molecule has 7 nitrogen and oxygen atoms in total. The van der Waals surface area contributed by atoms with E-state index in [-0.39, 0.29) is 11.8 Å². The van der Waals surface area contributed by atoms with Crippen molar-refractivity contribution in [1.82, 2.24) is 0 Å². The van der Waals surface area contributed by atoms with Crippen LogP contribution in [0.3, 0.4) is 0 Å². The molecule has 0 bridgehead atoms. The van der Waals surface area contributed by atoms with Crippen LogP contribution in [0.2, 0.25) is 0 Å². The molecule has 0 unspecified atom stereocenters. The second-order valence-corrected chi connectivity index (χ2v) is 7.97. The molecule has 1 atom stereocenters. The lowest BCUT2D eigenvalue weighted by molar-refractivity contribution is -0.119. The maximum atomic E-state index is 13.2. The van der Waals surface area contributed by atoms with Crippen molar-refractivity contribution < 1.29 is 14.4 Å². The third-order valence-corrected chi connectivity index (χ3v) is 5.62. The van der Waals surface area contributed by atoms with Crippen LogP contribution in [0, 0.1) is 0 Å². The second kappa shape index (κ2) is 9.99.